The van der Waals surface area contributed by atoms with Crippen LogP contribution in [0.2, 0.25) is 0 Å². The summed E-state index contributed by atoms with van der Waals surface area (Å²) in [5, 5.41) is 14.4. The van der Waals surface area contributed by atoms with Crippen molar-refractivity contribution in [2.45, 2.75) is 19.8 Å². The number of rotatable bonds is 1. The van der Waals surface area contributed by atoms with E-state index in [0.29, 0.717) is 11.5 Å². The van der Waals surface area contributed by atoms with Crippen LogP contribution in [-0.2, 0) is 7.05 Å². The number of benzene rings is 1. The summed E-state index contributed by atoms with van der Waals surface area (Å²) in [4.78, 5) is 0. The van der Waals surface area contributed by atoms with Gasteiger partial charge >= 0.3 is 0 Å². The van der Waals surface area contributed by atoms with Crippen molar-refractivity contribution in [3.05, 3.63) is 29.5 Å². The van der Waals surface area contributed by atoms with E-state index in [2.05, 4.69) is 31.1 Å². The predicted molar refractivity (Wildman–Crippen MR) is 59.5 cm³/mol. The molecule has 0 amide bonds. The normalized spacial score (nSPS) is 10.9. The van der Waals surface area contributed by atoms with Gasteiger partial charge in [0.15, 0.2) is 0 Å². The zero-order valence-corrected chi connectivity index (χ0v) is 9.15. The highest BCUT2D eigenvalue weighted by Crippen LogP contribution is 2.23. The number of aryl methyl sites for hydroxylation is 1. The summed E-state index contributed by atoms with van der Waals surface area (Å²) in [6.07, 6.45) is 1.95. The summed E-state index contributed by atoms with van der Waals surface area (Å²) < 4.78 is 1.75. The summed E-state index contributed by atoms with van der Waals surface area (Å²) in [6, 6.07) is 6.24. The van der Waals surface area contributed by atoms with Crippen molar-refractivity contribution in [1.82, 2.24) is 9.78 Å². The molecular formula is C12H13N3. The van der Waals surface area contributed by atoms with E-state index in [4.69, 9.17) is 5.26 Å². The predicted octanol–water partition coefficient (Wildman–Crippen LogP) is 2.57. The molecular weight excluding hydrogens is 186 g/mol. The number of aromatic nitrogens is 2. The molecule has 0 atom stereocenters. The summed E-state index contributed by atoms with van der Waals surface area (Å²) in [6.45, 7) is 4.25. The van der Waals surface area contributed by atoms with E-state index in [1.54, 1.807) is 4.68 Å². The minimum absolute atomic E-state index is 0.432. The van der Waals surface area contributed by atoms with Gasteiger partial charge in [0.25, 0.3) is 0 Å². The smallest absolute Gasteiger partial charge is 0.110 e. The van der Waals surface area contributed by atoms with Crippen LogP contribution in [0, 0.1) is 11.3 Å². The molecule has 15 heavy (non-hydrogen) atoms. The van der Waals surface area contributed by atoms with Crippen LogP contribution >= 0.6 is 0 Å². The Hall–Kier alpha value is -1.82. The first-order valence-corrected chi connectivity index (χ1v) is 4.99. The van der Waals surface area contributed by atoms with E-state index < -0.39 is 0 Å². The van der Waals surface area contributed by atoms with Crippen LogP contribution in [0.15, 0.2) is 18.3 Å². The van der Waals surface area contributed by atoms with Crippen LogP contribution in [-0.4, -0.2) is 9.78 Å². The molecule has 3 heteroatoms. The molecule has 0 bridgehead atoms. The molecule has 0 aliphatic carbocycles. The fourth-order valence-corrected chi connectivity index (χ4v) is 1.70. The molecule has 76 valence electrons. The third-order valence-corrected chi connectivity index (χ3v) is 2.53. The molecule has 3 nitrogen and oxygen atoms in total. The molecule has 0 N–H and O–H groups in total. The number of nitrogens with zero attached hydrogens (tertiary/aromatic N) is 3. The summed E-state index contributed by atoms with van der Waals surface area (Å²) in [5.41, 5.74) is 2.65. The minimum atomic E-state index is 0.432. The monoisotopic (exact) mass is 199 g/mol. The molecule has 1 aromatic heterocycles. The number of hydrogen-bond donors (Lipinski definition) is 0. The van der Waals surface area contributed by atoms with Gasteiger partial charge in [0.2, 0.25) is 0 Å². The van der Waals surface area contributed by atoms with E-state index in [0.717, 1.165) is 10.9 Å². The topological polar surface area (TPSA) is 41.6 Å². The Labute approximate surface area is 88.9 Å². The number of hydrogen-bond acceptors (Lipinski definition) is 2. The lowest BCUT2D eigenvalue weighted by atomic mass is 9.99. The second-order valence-corrected chi connectivity index (χ2v) is 4.08. The zero-order valence-electron chi connectivity index (χ0n) is 9.15. The van der Waals surface area contributed by atoms with Crippen LogP contribution in [0.25, 0.3) is 10.9 Å². The van der Waals surface area contributed by atoms with Gasteiger partial charge in [-0.2, -0.15) is 10.4 Å². The molecule has 1 aromatic carbocycles. The maximum Gasteiger partial charge on any atom is 0.110 e. The van der Waals surface area contributed by atoms with Crippen molar-refractivity contribution in [3.8, 4) is 6.07 Å². The molecule has 2 aromatic rings. The Morgan fingerprint density at radius 2 is 2.13 bits per heavy atom. The van der Waals surface area contributed by atoms with E-state index in [-0.39, 0.29) is 0 Å². The van der Waals surface area contributed by atoms with Gasteiger partial charge in [-0.25, -0.2) is 0 Å². The van der Waals surface area contributed by atoms with Crippen molar-refractivity contribution in [2.75, 3.05) is 0 Å². The first-order valence-electron chi connectivity index (χ1n) is 4.99. The Morgan fingerprint density at radius 1 is 1.40 bits per heavy atom. The van der Waals surface area contributed by atoms with Gasteiger partial charge in [-0.3, -0.25) is 4.68 Å². The van der Waals surface area contributed by atoms with Crippen LogP contribution in [0.3, 0.4) is 0 Å². The first-order chi connectivity index (χ1) is 7.11. The van der Waals surface area contributed by atoms with Crippen molar-refractivity contribution >= 4 is 10.9 Å². The van der Waals surface area contributed by atoms with Crippen molar-refractivity contribution in [3.63, 3.8) is 0 Å². The minimum Gasteiger partial charge on any atom is -0.275 e. The number of fused-ring (bicyclic) bond motifs is 1. The molecule has 0 saturated carbocycles. The van der Waals surface area contributed by atoms with Crippen LogP contribution < -0.4 is 0 Å². The first kappa shape index (κ1) is 9.72. The Kier molecular flexibility index (Phi) is 2.20. The second-order valence-electron chi connectivity index (χ2n) is 4.08. The van der Waals surface area contributed by atoms with Gasteiger partial charge < -0.3 is 0 Å². The van der Waals surface area contributed by atoms with E-state index in [1.165, 1.54) is 5.56 Å². The molecule has 1 heterocycles. The van der Waals surface area contributed by atoms with Crippen molar-refractivity contribution < 1.29 is 0 Å². The number of nitriles is 1. The van der Waals surface area contributed by atoms with Gasteiger partial charge in [-0.1, -0.05) is 13.8 Å². The van der Waals surface area contributed by atoms with Gasteiger partial charge in [-0.05, 0) is 23.6 Å². The largest absolute Gasteiger partial charge is 0.275 e. The van der Waals surface area contributed by atoms with E-state index in [9.17, 15) is 0 Å². The maximum absolute atomic E-state index is 9.05. The molecule has 2 rings (SSSR count). The SMILES string of the molecule is CC(C)c1cc(C#N)c2nn(C)cc2c1. The molecule has 0 unspecified atom stereocenters. The van der Waals surface area contributed by atoms with Gasteiger partial charge in [0.1, 0.15) is 11.6 Å². The summed E-state index contributed by atoms with van der Waals surface area (Å²) in [5.74, 6) is 0.432. The Bertz CT molecular complexity index is 544. The molecule has 0 fully saturated rings. The van der Waals surface area contributed by atoms with Gasteiger partial charge in [0.05, 0.1) is 5.56 Å². The third kappa shape index (κ3) is 1.59. The third-order valence-electron chi connectivity index (χ3n) is 2.53. The zero-order chi connectivity index (χ0) is 11.0. The highest BCUT2D eigenvalue weighted by atomic mass is 15.2. The highest BCUT2D eigenvalue weighted by Gasteiger charge is 2.09. The molecule has 0 aliphatic rings. The van der Waals surface area contributed by atoms with Crippen molar-refractivity contribution in [2.24, 2.45) is 7.05 Å². The van der Waals surface area contributed by atoms with Crippen LogP contribution in [0.4, 0.5) is 0 Å². The summed E-state index contributed by atoms with van der Waals surface area (Å²) >= 11 is 0. The Morgan fingerprint density at radius 3 is 2.73 bits per heavy atom. The molecule has 0 radical (unpaired) electrons. The van der Waals surface area contributed by atoms with Crippen molar-refractivity contribution in [1.29, 1.82) is 5.26 Å². The highest BCUT2D eigenvalue weighted by molar-refractivity contribution is 5.84. The average Bonchev–Trinajstić information content (AvgIpc) is 2.56. The lowest BCUT2D eigenvalue weighted by Gasteiger charge is -2.05. The second kappa shape index (κ2) is 3.39. The average molecular weight is 199 g/mol. The standard InChI is InChI=1S/C12H13N3/c1-8(2)9-4-10(6-13)12-11(5-9)7-15(3)14-12/h4-5,7-8H,1-3H3. The lowest BCUT2D eigenvalue weighted by Crippen LogP contribution is -1.90. The quantitative estimate of drug-likeness (QED) is 0.708. The van der Waals surface area contributed by atoms with Gasteiger partial charge in [-0.15, -0.1) is 0 Å². The molecule has 0 saturated heterocycles. The fraction of sp³-hybridized carbons (Fsp3) is 0.333. The van der Waals surface area contributed by atoms with E-state index >= 15 is 0 Å². The van der Waals surface area contributed by atoms with Crippen LogP contribution in [0.5, 0.6) is 0 Å². The Balaban J connectivity index is 2.77. The molecule has 0 aliphatic heterocycles. The van der Waals surface area contributed by atoms with Crippen LogP contribution in [0.1, 0.15) is 30.9 Å². The maximum atomic E-state index is 9.05. The fourth-order valence-electron chi connectivity index (χ4n) is 1.70. The van der Waals surface area contributed by atoms with Gasteiger partial charge in [0, 0.05) is 18.6 Å². The molecule has 0 spiro atoms. The van der Waals surface area contributed by atoms with E-state index in [1.807, 2.05) is 19.3 Å². The summed E-state index contributed by atoms with van der Waals surface area (Å²) in [7, 11) is 1.87. The lowest BCUT2D eigenvalue weighted by molar-refractivity contribution is 0.779.